The van der Waals surface area contributed by atoms with Gasteiger partial charge in [-0.25, -0.2) is 9.97 Å². The first-order valence-corrected chi connectivity index (χ1v) is 5.60. The highest BCUT2D eigenvalue weighted by atomic mass is 79.9. The molecule has 10 heteroatoms. The van der Waals surface area contributed by atoms with Gasteiger partial charge in [-0.3, -0.25) is 0 Å². The molecule has 0 spiro atoms. The van der Waals surface area contributed by atoms with Gasteiger partial charge in [-0.05, 0) is 16.8 Å². The molecule has 0 saturated carbocycles. The maximum absolute atomic E-state index is 10.5. The van der Waals surface area contributed by atoms with E-state index in [-0.39, 0.29) is 11.3 Å². The molecule has 0 amide bonds. The molecule has 0 aliphatic rings. The number of nitrogens with zero attached hydrogens (tertiary/aromatic N) is 6. The Morgan fingerprint density at radius 1 is 1.50 bits per heavy atom. The van der Waals surface area contributed by atoms with Gasteiger partial charge >= 0.3 is 5.95 Å². The highest BCUT2D eigenvalue weighted by Gasteiger charge is 2.20. The molecule has 0 fully saturated rings. The molecule has 0 saturated heterocycles. The molecule has 0 radical (unpaired) electrons. The van der Waals surface area contributed by atoms with E-state index in [0.29, 0.717) is 17.3 Å². The lowest BCUT2D eigenvalue weighted by Crippen LogP contribution is -2.09. The van der Waals surface area contributed by atoms with Crippen LogP contribution in [-0.4, -0.2) is 29.7 Å². The number of aromatic nitrogens is 5. The lowest BCUT2D eigenvalue weighted by molar-refractivity contribution is -0.394. The first-order chi connectivity index (χ1) is 8.45. The SMILES string of the molecule is Cc1cc(N)nc(Cn2nc([N+](=O)[O-])nc2Br)n1. The molecular formula is C8H8BrN7O2. The van der Waals surface area contributed by atoms with Gasteiger partial charge in [0.25, 0.3) is 4.73 Å². The topological polar surface area (TPSA) is 126 Å². The summed E-state index contributed by atoms with van der Waals surface area (Å²) < 4.78 is 1.52. The number of nitrogen functional groups attached to an aromatic ring is 1. The molecular weight excluding hydrogens is 306 g/mol. The van der Waals surface area contributed by atoms with Gasteiger partial charge in [0.1, 0.15) is 12.4 Å². The molecule has 2 aromatic rings. The number of rotatable bonds is 3. The Hall–Kier alpha value is -2.10. The van der Waals surface area contributed by atoms with E-state index in [4.69, 9.17) is 5.73 Å². The Balaban J connectivity index is 2.30. The molecule has 0 atom stereocenters. The van der Waals surface area contributed by atoms with Crippen LogP contribution in [0.3, 0.4) is 0 Å². The summed E-state index contributed by atoms with van der Waals surface area (Å²) >= 11 is 3.08. The van der Waals surface area contributed by atoms with E-state index in [9.17, 15) is 10.1 Å². The molecule has 18 heavy (non-hydrogen) atoms. The van der Waals surface area contributed by atoms with E-state index in [1.165, 1.54) is 4.68 Å². The summed E-state index contributed by atoms with van der Waals surface area (Å²) in [5.74, 6) is 0.263. The molecule has 2 heterocycles. The Bertz CT molecular complexity index is 591. The lowest BCUT2D eigenvalue weighted by atomic mass is 10.4. The lowest BCUT2D eigenvalue weighted by Gasteiger charge is -2.01. The van der Waals surface area contributed by atoms with Gasteiger partial charge in [0, 0.05) is 32.8 Å². The Kier molecular flexibility index (Phi) is 3.19. The van der Waals surface area contributed by atoms with Crippen LogP contribution < -0.4 is 5.73 Å². The summed E-state index contributed by atoms with van der Waals surface area (Å²) in [6, 6.07) is 1.63. The molecule has 0 aromatic carbocycles. The maximum atomic E-state index is 10.5. The van der Waals surface area contributed by atoms with Crippen molar-refractivity contribution in [1.29, 1.82) is 0 Å². The van der Waals surface area contributed by atoms with Gasteiger partial charge < -0.3 is 15.8 Å². The Labute approximate surface area is 109 Å². The van der Waals surface area contributed by atoms with E-state index in [0.717, 1.165) is 0 Å². The summed E-state index contributed by atoms with van der Waals surface area (Å²) in [4.78, 5) is 21.6. The molecule has 0 aliphatic heterocycles. The molecule has 2 aromatic heterocycles. The minimum Gasteiger partial charge on any atom is -0.390 e. The van der Waals surface area contributed by atoms with Crippen LogP contribution in [0.2, 0.25) is 0 Å². The standard InChI is InChI=1S/C8H8BrN7O2/c1-4-2-5(10)12-6(11-4)3-15-7(9)13-8(14-15)16(17)18/h2H,3H2,1H3,(H2,10,11,12). The highest BCUT2D eigenvalue weighted by Crippen LogP contribution is 2.13. The normalized spacial score (nSPS) is 10.6. The Morgan fingerprint density at radius 2 is 2.22 bits per heavy atom. The zero-order chi connectivity index (χ0) is 13.3. The van der Waals surface area contributed by atoms with Crippen LogP contribution in [-0.2, 0) is 6.54 Å². The van der Waals surface area contributed by atoms with Crippen LogP contribution in [0.5, 0.6) is 0 Å². The molecule has 0 bridgehead atoms. The first-order valence-electron chi connectivity index (χ1n) is 4.80. The second kappa shape index (κ2) is 4.64. The summed E-state index contributed by atoms with van der Waals surface area (Å²) in [6.07, 6.45) is 0. The molecule has 0 aliphatic carbocycles. The Morgan fingerprint density at radius 3 is 2.78 bits per heavy atom. The van der Waals surface area contributed by atoms with E-state index < -0.39 is 10.9 Å². The van der Waals surface area contributed by atoms with Crippen molar-refractivity contribution in [3.05, 3.63) is 32.4 Å². The van der Waals surface area contributed by atoms with E-state index in [1.807, 2.05) is 0 Å². The van der Waals surface area contributed by atoms with E-state index in [2.05, 4.69) is 36.0 Å². The number of halogens is 1. The zero-order valence-corrected chi connectivity index (χ0v) is 10.8. The smallest absolute Gasteiger partial charge is 0.390 e. The van der Waals surface area contributed by atoms with Crippen LogP contribution in [0.25, 0.3) is 0 Å². The summed E-state index contributed by atoms with van der Waals surface area (Å²) in [7, 11) is 0. The van der Waals surface area contributed by atoms with Crippen molar-refractivity contribution in [3.8, 4) is 0 Å². The van der Waals surface area contributed by atoms with Crippen molar-refractivity contribution in [2.24, 2.45) is 0 Å². The van der Waals surface area contributed by atoms with E-state index in [1.54, 1.807) is 13.0 Å². The van der Waals surface area contributed by atoms with Crippen molar-refractivity contribution in [1.82, 2.24) is 24.7 Å². The van der Waals surface area contributed by atoms with Gasteiger partial charge in [0.05, 0.1) is 0 Å². The van der Waals surface area contributed by atoms with Crippen molar-refractivity contribution < 1.29 is 4.92 Å². The number of anilines is 1. The van der Waals surface area contributed by atoms with Crippen LogP contribution in [0.15, 0.2) is 10.8 Å². The van der Waals surface area contributed by atoms with Gasteiger partial charge in [-0.1, -0.05) is 0 Å². The molecule has 9 nitrogen and oxygen atoms in total. The maximum Gasteiger partial charge on any atom is 0.492 e. The van der Waals surface area contributed by atoms with Crippen molar-refractivity contribution in [3.63, 3.8) is 0 Å². The number of aryl methyl sites for hydroxylation is 1. The quantitative estimate of drug-likeness (QED) is 0.652. The molecule has 94 valence electrons. The second-order valence-corrected chi connectivity index (χ2v) is 4.16. The summed E-state index contributed by atoms with van der Waals surface area (Å²) in [5, 5.41) is 14.2. The van der Waals surface area contributed by atoms with Crippen LogP contribution in [0.1, 0.15) is 11.5 Å². The molecule has 2 rings (SSSR count). The average Bonchev–Trinajstić information content (AvgIpc) is 2.59. The van der Waals surface area contributed by atoms with Crippen molar-refractivity contribution in [2.75, 3.05) is 5.73 Å². The first kappa shape index (κ1) is 12.4. The fraction of sp³-hybridized carbons (Fsp3) is 0.250. The third kappa shape index (κ3) is 2.59. The van der Waals surface area contributed by atoms with Crippen LogP contribution >= 0.6 is 15.9 Å². The number of hydrogen-bond donors (Lipinski definition) is 1. The average molecular weight is 314 g/mol. The summed E-state index contributed by atoms with van der Waals surface area (Å²) in [6.45, 7) is 1.92. The highest BCUT2D eigenvalue weighted by molar-refractivity contribution is 9.10. The van der Waals surface area contributed by atoms with Crippen molar-refractivity contribution in [2.45, 2.75) is 13.5 Å². The third-order valence-corrected chi connectivity index (χ3v) is 2.58. The second-order valence-electron chi connectivity index (χ2n) is 3.45. The fourth-order valence-corrected chi connectivity index (χ4v) is 1.71. The molecule has 2 N–H and O–H groups in total. The third-order valence-electron chi connectivity index (χ3n) is 1.99. The number of nitrogens with two attached hydrogens (primary N) is 1. The minimum absolute atomic E-state index is 0.146. The predicted octanol–water partition coefficient (Wildman–Crippen LogP) is 0.678. The number of nitro groups is 1. The van der Waals surface area contributed by atoms with Gasteiger partial charge in [-0.2, -0.15) is 4.68 Å². The van der Waals surface area contributed by atoms with Crippen LogP contribution in [0, 0.1) is 17.0 Å². The monoisotopic (exact) mass is 313 g/mol. The minimum atomic E-state index is -0.674. The van der Waals surface area contributed by atoms with E-state index >= 15 is 0 Å². The van der Waals surface area contributed by atoms with Crippen molar-refractivity contribution >= 4 is 27.7 Å². The van der Waals surface area contributed by atoms with Gasteiger partial charge in [-0.15, -0.1) is 0 Å². The predicted molar refractivity (Wildman–Crippen MR) is 64.7 cm³/mol. The fourth-order valence-electron chi connectivity index (χ4n) is 1.35. The largest absolute Gasteiger partial charge is 0.492 e. The van der Waals surface area contributed by atoms with Crippen LogP contribution in [0.4, 0.5) is 11.8 Å². The zero-order valence-electron chi connectivity index (χ0n) is 9.24. The van der Waals surface area contributed by atoms with Gasteiger partial charge in [0.2, 0.25) is 0 Å². The number of hydrogen-bond acceptors (Lipinski definition) is 7. The van der Waals surface area contributed by atoms with Gasteiger partial charge in [0.15, 0.2) is 5.82 Å². The summed E-state index contributed by atoms with van der Waals surface area (Å²) in [5.41, 5.74) is 6.30. The molecule has 0 unspecified atom stereocenters.